The molecule has 0 saturated carbocycles. The van der Waals surface area contributed by atoms with Gasteiger partial charge in [0.05, 0.1) is 4.90 Å². The second-order valence-corrected chi connectivity index (χ2v) is 6.53. The molecule has 22 heavy (non-hydrogen) atoms. The van der Waals surface area contributed by atoms with Crippen molar-refractivity contribution in [3.63, 3.8) is 0 Å². The maximum atomic E-state index is 13.1. The van der Waals surface area contributed by atoms with Gasteiger partial charge >= 0.3 is 0 Å². The zero-order valence-corrected chi connectivity index (χ0v) is 12.4. The molecule has 0 amide bonds. The first-order valence-electron chi connectivity index (χ1n) is 6.68. The smallest absolute Gasteiger partial charge is 0.240 e. The highest BCUT2D eigenvalue weighted by molar-refractivity contribution is 7.89. The third-order valence-electron chi connectivity index (χ3n) is 3.18. The molecule has 2 aromatic rings. The molecule has 7 heteroatoms. The summed E-state index contributed by atoms with van der Waals surface area (Å²) in [6.45, 7) is 1.04. The minimum atomic E-state index is -3.76. The van der Waals surface area contributed by atoms with E-state index in [1.807, 2.05) is 0 Å². The number of hydrogen-bond donors (Lipinski definition) is 1. The van der Waals surface area contributed by atoms with E-state index in [2.05, 4.69) is 4.72 Å². The van der Waals surface area contributed by atoms with Crippen LogP contribution in [-0.4, -0.2) is 21.6 Å². The van der Waals surface area contributed by atoms with Crippen LogP contribution >= 0.6 is 0 Å². The fourth-order valence-corrected chi connectivity index (χ4v) is 3.14. The van der Waals surface area contributed by atoms with Crippen molar-refractivity contribution in [2.75, 3.05) is 13.2 Å². The first-order chi connectivity index (χ1) is 10.5. The average Bonchev–Trinajstić information content (AvgIpc) is 2.53. The topological polar surface area (TPSA) is 64.6 Å². The molecule has 0 bridgehead atoms. The van der Waals surface area contributed by atoms with Crippen LogP contribution in [0.4, 0.5) is 4.39 Å². The van der Waals surface area contributed by atoms with E-state index >= 15 is 0 Å². The zero-order valence-electron chi connectivity index (χ0n) is 11.6. The van der Waals surface area contributed by atoms with Crippen LogP contribution in [0.3, 0.4) is 0 Å². The first kappa shape index (κ1) is 14.8. The van der Waals surface area contributed by atoms with E-state index < -0.39 is 15.8 Å². The SMILES string of the molecule is O=S(=O)(NCc1ccc2c(c1)OCCO2)c1cccc(F)c1. The van der Waals surface area contributed by atoms with Gasteiger partial charge in [0, 0.05) is 6.54 Å². The molecule has 0 atom stereocenters. The van der Waals surface area contributed by atoms with Crippen molar-refractivity contribution in [3.8, 4) is 11.5 Å². The molecule has 1 aliphatic rings. The van der Waals surface area contributed by atoms with Crippen molar-refractivity contribution in [3.05, 3.63) is 53.8 Å². The predicted octanol–water partition coefficient (Wildman–Crippen LogP) is 2.08. The molecule has 0 saturated heterocycles. The van der Waals surface area contributed by atoms with Gasteiger partial charge in [-0.25, -0.2) is 17.5 Å². The number of halogens is 1. The van der Waals surface area contributed by atoms with Crippen molar-refractivity contribution in [1.29, 1.82) is 0 Å². The third-order valence-corrected chi connectivity index (χ3v) is 4.58. The van der Waals surface area contributed by atoms with E-state index in [-0.39, 0.29) is 11.4 Å². The minimum Gasteiger partial charge on any atom is -0.486 e. The normalized spacial score (nSPS) is 13.9. The molecular formula is C15H14FNO4S. The molecule has 0 spiro atoms. The number of fused-ring (bicyclic) bond motifs is 1. The number of hydrogen-bond acceptors (Lipinski definition) is 4. The van der Waals surface area contributed by atoms with Gasteiger partial charge in [-0.1, -0.05) is 12.1 Å². The molecule has 116 valence electrons. The lowest BCUT2D eigenvalue weighted by atomic mass is 10.2. The Kier molecular flexibility index (Phi) is 4.00. The molecule has 3 rings (SSSR count). The summed E-state index contributed by atoms with van der Waals surface area (Å²) in [6, 6.07) is 10.1. The highest BCUT2D eigenvalue weighted by atomic mass is 32.2. The molecule has 0 aliphatic carbocycles. The van der Waals surface area contributed by atoms with Crippen molar-refractivity contribution >= 4 is 10.0 Å². The Balaban J connectivity index is 1.74. The van der Waals surface area contributed by atoms with E-state index in [4.69, 9.17) is 9.47 Å². The Morgan fingerprint density at radius 3 is 2.59 bits per heavy atom. The number of rotatable bonds is 4. The standard InChI is InChI=1S/C15H14FNO4S/c16-12-2-1-3-13(9-12)22(18,19)17-10-11-4-5-14-15(8-11)21-7-6-20-14/h1-5,8-9,17H,6-7,10H2. The lowest BCUT2D eigenvalue weighted by molar-refractivity contribution is 0.171. The van der Waals surface area contributed by atoms with E-state index in [9.17, 15) is 12.8 Å². The van der Waals surface area contributed by atoms with Gasteiger partial charge in [-0.05, 0) is 35.9 Å². The lowest BCUT2D eigenvalue weighted by Crippen LogP contribution is -2.23. The van der Waals surface area contributed by atoms with Crippen LogP contribution in [0.2, 0.25) is 0 Å². The number of sulfonamides is 1. The summed E-state index contributed by atoms with van der Waals surface area (Å²) in [5.74, 6) is 0.638. The van der Waals surface area contributed by atoms with Gasteiger partial charge in [-0.15, -0.1) is 0 Å². The average molecular weight is 323 g/mol. The molecule has 5 nitrogen and oxygen atoms in total. The van der Waals surface area contributed by atoms with E-state index in [1.54, 1.807) is 18.2 Å². The van der Waals surface area contributed by atoms with Crippen molar-refractivity contribution in [2.24, 2.45) is 0 Å². The van der Waals surface area contributed by atoms with Gasteiger partial charge < -0.3 is 9.47 Å². The summed E-state index contributed by atoms with van der Waals surface area (Å²) >= 11 is 0. The maximum absolute atomic E-state index is 13.1. The molecular weight excluding hydrogens is 309 g/mol. The Morgan fingerprint density at radius 1 is 1.05 bits per heavy atom. The largest absolute Gasteiger partial charge is 0.486 e. The fourth-order valence-electron chi connectivity index (χ4n) is 2.09. The summed E-state index contributed by atoms with van der Waals surface area (Å²) in [5.41, 5.74) is 0.726. The summed E-state index contributed by atoms with van der Waals surface area (Å²) in [5, 5.41) is 0. The number of nitrogens with one attached hydrogen (secondary N) is 1. The second kappa shape index (κ2) is 5.94. The highest BCUT2D eigenvalue weighted by Gasteiger charge is 2.16. The molecule has 0 fully saturated rings. The van der Waals surface area contributed by atoms with Gasteiger partial charge in [0.1, 0.15) is 19.0 Å². The third kappa shape index (κ3) is 3.20. The number of benzene rings is 2. The van der Waals surface area contributed by atoms with Crippen molar-refractivity contribution in [2.45, 2.75) is 11.4 Å². The summed E-state index contributed by atoms with van der Waals surface area (Å²) in [4.78, 5) is -0.106. The zero-order chi connectivity index (χ0) is 15.6. The van der Waals surface area contributed by atoms with Crippen molar-refractivity contribution < 1.29 is 22.3 Å². The monoisotopic (exact) mass is 323 g/mol. The molecule has 1 aliphatic heterocycles. The Labute approximate surface area is 127 Å². The van der Waals surface area contributed by atoms with Crippen molar-refractivity contribution in [1.82, 2.24) is 4.72 Å². The van der Waals surface area contributed by atoms with Gasteiger partial charge in [0.25, 0.3) is 0 Å². The minimum absolute atomic E-state index is 0.0789. The lowest BCUT2D eigenvalue weighted by Gasteiger charge is -2.19. The number of ether oxygens (including phenoxy) is 2. The second-order valence-electron chi connectivity index (χ2n) is 4.76. The van der Waals surface area contributed by atoms with Crippen LogP contribution < -0.4 is 14.2 Å². The van der Waals surface area contributed by atoms with Crippen LogP contribution in [0.5, 0.6) is 11.5 Å². The predicted molar refractivity (Wildman–Crippen MR) is 77.9 cm³/mol. The van der Waals surface area contributed by atoms with Gasteiger partial charge in [0.15, 0.2) is 11.5 Å². The molecule has 0 aromatic heterocycles. The maximum Gasteiger partial charge on any atom is 0.240 e. The summed E-state index contributed by atoms with van der Waals surface area (Å²) in [7, 11) is -3.76. The van der Waals surface area contributed by atoms with E-state index in [0.29, 0.717) is 24.7 Å². The summed E-state index contributed by atoms with van der Waals surface area (Å²) < 4.78 is 50.6. The Hall–Kier alpha value is -2.12. The van der Waals surface area contributed by atoms with Crippen LogP contribution in [-0.2, 0) is 16.6 Å². The van der Waals surface area contributed by atoms with Gasteiger partial charge in [-0.3, -0.25) is 0 Å². The molecule has 1 N–H and O–H groups in total. The van der Waals surface area contributed by atoms with Crippen LogP contribution in [0.1, 0.15) is 5.56 Å². The van der Waals surface area contributed by atoms with Gasteiger partial charge in [-0.2, -0.15) is 0 Å². The van der Waals surface area contributed by atoms with Crippen LogP contribution in [0.25, 0.3) is 0 Å². The molecule has 1 heterocycles. The molecule has 0 radical (unpaired) electrons. The van der Waals surface area contributed by atoms with Crippen LogP contribution in [0, 0.1) is 5.82 Å². The molecule has 2 aromatic carbocycles. The van der Waals surface area contributed by atoms with E-state index in [0.717, 1.165) is 11.6 Å². The quantitative estimate of drug-likeness (QED) is 0.935. The first-order valence-corrected chi connectivity index (χ1v) is 8.17. The fraction of sp³-hybridized carbons (Fsp3) is 0.200. The Morgan fingerprint density at radius 2 is 1.82 bits per heavy atom. The van der Waals surface area contributed by atoms with Gasteiger partial charge in [0.2, 0.25) is 10.0 Å². The summed E-state index contributed by atoms with van der Waals surface area (Å²) in [6.07, 6.45) is 0. The Bertz CT molecular complexity index is 792. The van der Waals surface area contributed by atoms with Crippen LogP contribution in [0.15, 0.2) is 47.4 Å². The molecule has 0 unspecified atom stereocenters. The van der Waals surface area contributed by atoms with E-state index in [1.165, 1.54) is 18.2 Å². The highest BCUT2D eigenvalue weighted by Crippen LogP contribution is 2.30.